The van der Waals surface area contributed by atoms with Gasteiger partial charge < -0.3 is 5.32 Å². The smallest absolute Gasteiger partial charge is 0.328 e. The standard InChI is InChI=1S/C26H29N3O2S/c1-18(2)20-11-8-13-22(15-20)26(3,4)27-25(31)29-28-24(30)17-32-16-21-12-7-10-19-9-5-6-14-23(19)21/h5-15H,1,16-17H2,2-4H3,(H,28,30)(H2,27,29,31). The molecule has 32 heavy (non-hydrogen) atoms. The highest BCUT2D eigenvalue weighted by Gasteiger charge is 2.23. The molecule has 5 nitrogen and oxygen atoms in total. The molecule has 0 radical (unpaired) electrons. The molecule has 0 aliphatic rings. The quantitative estimate of drug-likeness (QED) is 0.426. The monoisotopic (exact) mass is 447 g/mol. The summed E-state index contributed by atoms with van der Waals surface area (Å²) in [7, 11) is 0. The van der Waals surface area contributed by atoms with E-state index in [2.05, 4.69) is 47.0 Å². The van der Waals surface area contributed by atoms with Crippen molar-refractivity contribution >= 4 is 40.0 Å². The minimum Gasteiger partial charge on any atom is -0.328 e. The minimum absolute atomic E-state index is 0.244. The van der Waals surface area contributed by atoms with E-state index in [-0.39, 0.29) is 11.7 Å². The second kappa shape index (κ2) is 10.4. The van der Waals surface area contributed by atoms with Crippen LogP contribution in [0.15, 0.2) is 73.3 Å². The molecule has 3 aromatic rings. The molecule has 3 amide bonds. The fourth-order valence-corrected chi connectivity index (χ4v) is 4.23. The Hall–Kier alpha value is -3.25. The number of carbonyl (C=O) groups excluding carboxylic acids is 2. The van der Waals surface area contributed by atoms with Crippen LogP contribution in [-0.4, -0.2) is 17.7 Å². The summed E-state index contributed by atoms with van der Waals surface area (Å²) < 4.78 is 0. The van der Waals surface area contributed by atoms with Crippen molar-refractivity contribution in [2.75, 3.05) is 5.75 Å². The summed E-state index contributed by atoms with van der Waals surface area (Å²) in [5.41, 5.74) is 8.41. The number of hydrogen-bond donors (Lipinski definition) is 3. The highest BCUT2D eigenvalue weighted by atomic mass is 32.2. The van der Waals surface area contributed by atoms with E-state index in [1.165, 1.54) is 28.1 Å². The molecular weight excluding hydrogens is 418 g/mol. The molecule has 0 aromatic heterocycles. The summed E-state index contributed by atoms with van der Waals surface area (Å²) in [6.45, 7) is 9.73. The molecule has 0 spiro atoms. The van der Waals surface area contributed by atoms with Gasteiger partial charge >= 0.3 is 6.03 Å². The Kier molecular flexibility index (Phi) is 7.59. The lowest BCUT2D eigenvalue weighted by atomic mass is 9.92. The Bertz CT molecular complexity index is 1140. The molecule has 0 saturated heterocycles. The van der Waals surface area contributed by atoms with Crippen LogP contribution >= 0.6 is 11.8 Å². The van der Waals surface area contributed by atoms with Crippen LogP contribution in [0.2, 0.25) is 0 Å². The van der Waals surface area contributed by atoms with Gasteiger partial charge in [0.15, 0.2) is 0 Å². The van der Waals surface area contributed by atoms with Crippen molar-refractivity contribution in [2.45, 2.75) is 32.1 Å². The van der Waals surface area contributed by atoms with Crippen LogP contribution in [0.4, 0.5) is 4.79 Å². The first-order valence-corrected chi connectivity index (χ1v) is 11.6. The van der Waals surface area contributed by atoms with Crippen molar-refractivity contribution in [1.82, 2.24) is 16.2 Å². The number of carbonyl (C=O) groups is 2. The number of hydrazine groups is 1. The summed E-state index contributed by atoms with van der Waals surface area (Å²) in [6.07, 6.45) is 0. The number of rotatable bonds is 7. The zero-order chi connectivity index (χ0) is 23.1. The van der Waals surface area contributed by atoms with E-state index in [9.17, 15) is 9.59 Å². The summed E-state index contributed by atoms with van der Waals surface area (Å²) in [6, 6.07) is 21.8. The van der Waals surface area contributed by atoms with Crippen molar-refractivity contribution in [3.63, 3.8) is 0 Å². The third-order valence-electron chi connectivity index (χ3n) is 5.19. The Balaban J connectivity index is 1.46. The van der Waals surface area contributed by atoms with Gasteiger partial charge in [-0.25, -0.2) is 10.2 Å². The normalized spacial score (nSPS) is 11.1. The van der Waals surface area contributed by atoms with Gasteiger partial charge in [0.2, 0.25) is 5.91 Å². The highest BCUT2D eigenvalue weighted by Crippen LogP contribution is 2.24. The maximum atomic E-state index is 12.3. The number of allylic oxidation sites excluding steroid dienone is 1. The van der Waals surface area contributed by atoms with E-state index in [0.29, 0.717) is 5.75 Å². The topological polar surface area (TPSA) is 70.2 Å². The van der Waals surface area contributed by atoms with Crippen molar-refractivity contribution in [3.8, 4) is 0 Å². The van der Waals surface area contributed by atoms with Gasteiger partial charge in [-0.15, -0.1) is 11.8 Å². The van der Waals surface area contributed by atoms with Gasteiger partial charge in [-0.2, -0.15) is 0 Å². The van der Waals surface area contributed by atoms with Crippen molar-refractivity contribution in [2.24, 2.45) is 0 Å². The average Bonchev–Trinajstić information content (AvgIpc) is 2.77. The second-order valence-corrected chi connectivity index (χ2v) is 9.23. The van der Waals surface area contributed by atoms with Crippen LogP contribution in [-0.2, 0) is 16.1 Å². The Labute approximate surface area is 193 Å². The largest absolute Gasteiger partial charge is 0.334 e. The number of fused-ring (bicyclic) bond motifs is 1. The molecular formula is C26H29N3O2S. The number of urea groups is 1. The van der Waals surface area contributed by atoms with Crippen molar-refractivity contribution in [1.29, 1.82) is 0 Å². The van der Waals surface area contributed by atoms with Crippen molar-refractivity contribution in [3.05, 3.63) is 90.0 Å². The number of amides is 3. The average molecular weight is 448 g/mol. The summed E-state index contributed by atoms with van der Waals surface area (Å²) in [5.74, 6) is 0.702. The van der Waals surface area contributed by atoms with Gasteiger partial charge in [0.05, 0.1) is 11.3 Å². The Morgan fingerprint density at radius 1 is 0.969 bits per heavy atom. The second-order valence-electron chi connectivity index (χ2n) is 8.24. The van der Waals surface area contributed by atoms with Gasteiger partial charge in [-0.3, -0.25) is 10.2 Å². The van der Waals surface area contributed by atoms with Crippen LogP contribution in [0.3, 0.4) is 0 Å². The van der Waals surface area contributed by atoms with Crippen LogP contribution < -0.4 is 16.2 Å². The van der Waals surface area contributed by atoms with Gasteiger partial charge in [-0.05, 0) is 54.3 Å². The Morgan fingerprint density at radius 2 is 1.69 bits per heavy atom. The molecule has 3 rings (SSSR count). The molecule has 0 unspecified atom stereocenters. The lowest BCUT2D eigenvalue weighted by Gasteiger charge is -2.27. The molecule has 0 heterocycles. The van der Waals surface area contributed by atoms with Crippen LogP contribution in [0.25, 0.3) is 16.3 Å². The first-order valence-electron chi connectivity index (χ1n) is 10.4. The number of benzene rings is 3. The maximum Gasteiger partial charge on any atom is 0.334 e. The Morgan fingerprint density at radius 3 is 2.47 bits per heavy atom. The fourth-order valence-electron chi connectivity index (χ4n) is 3.40. The number of thioether (sulfide) groups is 1. The fraction of sp³-hybridized carbons (Fsp3) is 0.231. The molecule has 0 fully saturated rings. The zero-order valence-corrected chi connectivity index (χ0v) is 19.5. The summed E-state index contributed by atoms with van der Waals surface area (Å²) in [5, 5.41) is 5.27. The molecule has 0 aliphatic heterocycles. The van der Waals surface area contributed by atoms with Crippen molar-refractivity contribution < 1.29 is 9.59 Å². The summed E-state index contributed by atoms with van der Waals surface area (Å²) in [4.78, 5) is 24.5. The zero-order valence-electron chi connectivity index (χ0n) is 18.7. The van der Waals surface area contributed by atoms with E-state index in [1.807, 2.05) is 63.2 Å². The highest BCUT2D eigenvalue weighted by molar-refractivity contribution is 7.99. The van der Waals surface area contributed by atoms with Gasteiger partial charge in [0.25, 0.3) is 0 Å². The maximum absolute atomic E-state index is 12.3. The predicted molar refractivity (Wildman–Crippen MR) is 134 cm³/mol. The van der Waals surface area contributed by atoms with E-state index in [1.54, 1.807) is 0 Å². The molecule has 0 saturated carbocycles. The predicted octanol–water partition coefficient (Wildman–Crippen LogP) is 5.37. The van der Waals surface area contributed by atoms with E-state index in [0.717, 1.165) is 16.7 Å². The third kappa shape index (κ3) is 6.14. The first-order chi connectivity index (χ1) is 15.3. The molecule has 166 valence electrons. The van der Waals surface area contributed by atoms with Crippen LogP contribution in [0.1, 0.15) is 37.5 Å². The molecule has 6 heteroatoms. The number of hydrogen-bond acceptors (Lipinski definition) is 3. The minimum atomic E-state index is -0.622. The number of nitrogens with one attached hydrogen (secondary N) is 3. The van der Waals surface area contributed by atoms with Gasteiger partial charge in [-0.1, -0.05) is 72.8 Å². The van der Waals surface area contributed by atoms with E-state index >= 15 is 0 Å². The van der Waals surface area contributed by atoms with Gasteiger partial charge in [0, 0.05) is 5.75 Å². The van der Waals surface area contributed by atoms with E-state index in [4.69, 9.17) is 0 Å². The van der Waals surface area contributed by atoms with E-state index < -0.39 is 11.6 Å². The molecule has 0 bridgehead atoms. The lowest BCUT2D eigenvalue weighted by Crippen LogP contribution is -2.52. The van der Waals surface area contributed by atoms with Crippen LogP contribution in [0.5, 0.6) is 0 Å². The molecule has 3 aromatic carbocycles. The SMILES string of the molecule is C=C(C)c1cccc(C(C)(C)NC(=O)NNC(=O)CSCc2cccc3ccccc23)c1. The molecule has 0 atom stereocenters. The molecule has 0 aliphatic carbocycles. The van der Waals surface area contributed by atoms with Gasteiger partial charge in [0.1, 0.15) is 0 Å². The third-order valence-corrected chi connectivity index (χ3v) is 6.17. The molecule has 3 N–H and O–H groups in total. The first kappa shape index (κ1) is 23.4. The lowest BCUT2D eigenvalue weighted by molar-refractivity contribution is -0.119. The van der Waals surface area contributed by atoms with Crippen LogP contribution in [0, 0.1) is 0 Å². The summed E-state index contributed by atoms with van der Waals surface area (Å²) >= 11 is 1.50.